The van der Waals surface area contributed by atoms with Gasteiger partial charge in [-0.05, 0) is 51.3 Å². The number of hydrogen-bond donors (Lipinski definition) is 0. The van der Waals surface area contributed by atoms with Gasteiger partial charge in [0.15, 0.2) is 0 Å². The Kier molecular flexibility index (Phi) is 6.66. The van der Waals surface area contributed by atoms with Crippen molar-refractivity contribution in [3.8, 4) is 11.6 Å². The summed E-state index contributed by atoms with van der Waals surface area (Å²) in [5.74, 6) is 0.972. The topological polar surface area (TPSA) is 47.1 Å². The first kappa shape index (κ1) is 24.2. The van der Waals surface area contributed by atoms with Gasteiger partial charge in [-0.15, -0.1) is 13.2 Å². The summed E-state index contributed by atoms with van der Waals surface area (Å²) in [6.45, 7) is 12.4. The SMILES string of the molecule is C=C1COCCN1c1cc(OC(C)(C)C)nc(N2CCCC2c2cccc(OC(F)(F)F)c2)c1. The zero-order valence-corrected chi connectivity index (χ0v) is 19.7. The summed E-state index contributed by atoms with van der Waals surface area (Å²) < 4.78 is 54.0. The Morgan fingerprint density at radius 1 is 1.09 bits per heavy atom. The van der Waals surface area contributed by atoms with Crippen LogP contribution in [0.5, 0.6) is 11.6 Å². The maximum absolute atomic E-state index is 12.7. The standard InChI is InChI=1S/C25H30F3N3O3/c1-17-16-32-12-11-30(17)19-14-22(29-23(15-19)34-24(2,3)4)31-10-6-9-21(31)18-7-5-8-20(13-18)33-25(26,27)28/h5,7-8,13-15,21H,1,6,9-12,16H2,2-4H3. The summed E-state index contributed by atoms with van der Waals surface area (Å²) in [6, 6.07) is 9.93. The van der Waals surface area contributed by atoms with E-state index in [1.165, 1.54) is 12.1 Å². The molecule has 0 N–H and O–H groups in total. The van der Waals surface area contributed by atoms with E-state index in [-0.39, 0.29) is 11.8 Å². The number of benzene rings is 1. The highest BCUT2D eigenvalue weighted by atomic mass is 19.4. The number of halogens is 3. The molecule has 0 saturated carbocycles. The summed E-state index contributed by atoms with van der Waals surface area (Å²) >= 11 is 0. The van der Waals surface area contributed by atoms with E-state index in [1.54, 1.807) is 6.07 Å². The van der Waals surface area contributed by atoms with Crippen LogP contribution in [0.2, 0.25) is 0 Å². The molecule has 0 amide bonds. The molecule has 4 rings (SSSR count). The van der Waals surface area contributed by atoms with Crippen molar-refractivity contribution < 1.29 is 27.4 Å². The van der Waals surface area contributed by atoms with Gasteiger partial charge in [0.1, 0.15) is 17.2 Å². The first-order valence-corrected chi connectivity index (χ1v) is 11.3. The fraction of sp³-hybridized carbons (Fsp3) is 0.480. The van der Waals surface area contributed by atoms with Gasteiger partial charge < -0.3 is 24.0 Å². The summed E-state index contributed by atoms with van der Waals surface area (Å²) in [4.78, 5) is 8.99. The number of nitrogens with zero attached hydrogens (tertiary/aromatic N) is 3. The maximum Gasteiger partial charge on any atom is 0.573 e. The van der Waals surface area contributed by atoms with E-state index in [2.05, 4.69) is 21.1 Å². The Bertz CT molecular complexity index is 1040. The molecule has 1 atom stereocenters. The molecule has 1 unspecified atom stereocenters. The molecule has 2 aliphatic rings. The second-order valence-corrected chi connectivity index (χ2v) is 9.48. The molecule has 2 aromatic rings. The molecule has 3 heterocycles. The third-order valence-electron chi connectivity index (χ3n) is 5.63. The lowest BCUT2D eigenvalue weighted by Gasteiger charge is -2.33. The van der Waals surface area contributed by atoms with Crippen LogP contribution in [0.4, 0.5) is 24.7 Å². The summed E-state index contributed by atoms with van der Waals surface area (Å²) in [5.41, 5.74) is 2.05. The number of pyridine rings is 1. The maximum atomic E-state index is 12.7. The molecule has 2 saturated heterocycles. The predicted molar refractivity (Wildman–Crippen MR) is 124 cm³/mol. The van der Waals surface area contributed by atoms with Crippen LogP contribution in [0.1, 0.15) is 45.2 Å². The summed E-state index contributed by atoms with van der Waals surface area (Å²) in [6.07, 6.45) is -3.05. The lowest BCUT2D eigenvalue weighted by atomic mass is 10.0. The highest BCUT2D eigenvalue weighted by Gasteiger charge is 2.33. The van der Waals surface area contributed by atoms with Crippen molar-refractivity contribution in [1.29, 1.82) is 0 Å². The van der Waals surface area contributed by atoms with Crippen molar-refractivity contribution in [1.82, 2.24) is 4.98 Å². The van der Waals surface area contributed by atoms with Crippen LogP contribution < -0.4 is 19.3 Å². The molecule has 34 heavy (non-hydrogen) atoms. The van der Waals surface area contributed by atoms with Gasteiger partial charge in [0, 0.05) is 30.9 Å². The van der Waals surface area contributed by atoms with Crippen LogP contribution >= 0.6 is 0 Å². The van der Waals surface area contributed by atoms with Crippen molar-refractivity contribution in [2.45, 2.75) is 51.6 Å². The van der Waals surface area contributed by atoms with Gasteiger partial charge in [0.2, 0.25) is 5.88 Å². The highest BCUT2D eigenvalue weighted by Crippen LogP contribution is 2.40. The Morgan fingerprint density at radius 2 is 1.88 bits per heavy atom. The quantitative estimate of drug-likeness (QED) is 0.539. The number of aromatic nitrogens is 1. The normalized spacial score (nSPS) is 19.5. The number of hydrogen-bond acceptors (Lipinski definition) is 6. The van der Waals surface area contributed by atoms with Gasteiger partial charge in [-0.1, -0.05) is 18.7 Å². The van der Waals surface area contributed by atoms with Crippen molar-refractivity contribution in [2.24, 2.45) is 0 Å². The number of ether oxygens (including phenoxy) is 3. The largest absolute Gasteiger partial charge is 0.573 e. The van der Waals surface area contributed by atoms with Crippen LogP contribution in [0.15, 0.2) is 48.7 Å². The number of rotatable bonds is 5. The van der Waals surface area contributed by atoms with Crippen molar-refractivity contribution in [3.05, 3.63) is 54.2 Å². The van der Waals surface area contributed by atoms with Crippen molar-refractivity contribution >= 4 is 11.5 Å². The molecule has 0 bridgehead atoms. The van der Waals surface area contributed by atoms with E-state index in [9.17, 15) is 13.2 Å². The number of anilines is 2. The van der Waals surface area contributed by atoms with Crippen LogP contribution in [-0.2, 0) is 4.74 Å². The molecule has 2 fully saturated rings. The minimum atomic E-state index is -4.73. The Balaban J connectivity index is 1.69. The third kappa shape index (κ3) is 5.94. The zero-order valence-electron chi connectivity index (χ0n) is 19.7. The molecular formula is C25H30F3N3O3. The number of alkyl halides is 3. The van der Waals surface area contributed by atoms with Crippen LogP contribution in [0.3, 0.4) is 0 Å². The molecule has 0 aliphatic carbocycles. The van der Waals surface area contributed by atoms with Gasteiger partial charge in [-0.25, -0.2) is 0 Å². The lowest BCUT2D eigenvalue weighted by molar-refractivity contribution is -0.274. The highest BCUT2D eigenvalue weighted by molar-refractivity contribution is 5.62. The lowest BCUT2D eigenvalue weighted by Crippen LogP contribution is -2.34. The predicted octanol–water partition coefficient (Wildman–Crippen LogP) is 5.85. The van der Waals surface area contributed by atoms with Crippen LogP contribution in [-0.4, -0.2) is 43.3 Å². The molecule has 184 valence electrons. The minimum Gasteiger partial charge on any atom is -0.472 e. The third-order valence-corrected chi connectivity index (χ3v) is 5.63. The van der Waals surface area contributed by atoms with Crippen molar-refractivity contribution in [3.63, 3.8) is 0 Å². The minimum absolute atomic E-state index is 0.130. The van der Waals surface area contributed by atoms with E-state index in [0.29, 0.717) is 31.5 Å². The number of morpholine rings is 1. The molecule has 2 aliphatic heterocycles. The average molecular weight is 478 g/mol. The Labute approximate surface area is 197 Å². The summed E-state index contributed by atoms with van der Waals surface area (Å²) in [7, 11) is 0. The first-order chi connectivity index (χ1) is 16.0. The Hall–Kier alpha value is -2.94. The smallest absolute Gasteiger partial charge is 0.472 e. The molecular weight excluding hydrogens is 447 g/mol. The Morgan fingerprint density at radius 3 is 2.59 bits per heavy atom. The summed E-state index contributed by atoms with van der Waals surface area (Å²) in [5, 5.41) is 0. The average Bonchev–Trinajstić information content (AvgIpc) is 3.21. The van der Waals surface area contributed by atoms with E-state index in [1.807, 2.05) is 39.0 Å². The van der Waals surface area contributed by atoms with Gasteiger partial charge >= 0.3 is 6.36 Å². The van der Waals surface area contributed by atoms with Crippen LogP contribution in [0, 0.1) is 0 Å². The monoisotopic (exact) mass is 477 g/mol. The molecule has 1 aromatic heterocycles. The molecule has 6 nitrogen and oxygen atoms in total. The molecule has 0 radical (unpaired) electrons. The fourth-order valence-electron chi connectivity index (χ4n) is 4.35. The van der Waals surface area contributed by atoms with Gasteiger partial charge in [0.25, 0.3) is 0 Å². The second-order valence-electron chi connectivity index (χ2n) is 9.48. The van der Waals surface area contributed by atoms with Gasteiger partial charge in [-0.2, -0.15) is 4.98 Å². The van der Waals surface area contributed by atoms with Gasteiger partial charge in [-0.3, -0.25) is 0 Å². The molecule has 0 spiro atoms. The second kappa shape index (κ2) is 9.37. The zero-order chi connectivity index (χ0) is 24.5. The van der Waals surface area contributed by atoms with Crippen LogP contribution in [0.25, 0.3) is 0 Å². The van der Waals surface area contributed by atoms with Gasteiger partial charge in [0.05, 0.1) is 24.9 Å². The molecule has 1 aromatic carbocycles. The van der Waals surface area contributed by atoms with E-state index < -0.39 is 12.0 Å². The van der Waals surface area contributed by atoms with E-state index in [4.69, 9.17) is 14.5 Å². The van der Waals surface area contributed by atoms with E-state index >= 15 is 0 Å². The van der Waals surface area contributed by atoms with E-state index in [0.717, 1.165) is 36.3 Å². The first-order valence-electron chi connectivity index (χ1n) is 11.3. The molecule has 9 heteroatoms. The fourth-order valence-corrected chi connectivity index (χ4v) is 4.35. The van der Waals surface area contributed by atoms with Crippen molar-refractivity contribution in [2.75, 3.05) is 36.1 Å².